The van der Waals surface area contributed by atoms with Gasteiger partial charge >= 0.3 is 5.97 Å². The molecule has 0 radical (unpaired) electrons. The van der Waals surface area contributed by atoms with Crippen LogP contribution in [-0.2, 0) is 9.53 Å². The Labute approximate surface area is 157 Å². The van der Waals surface area contributed by atoms with E-state index in [0.29, 0.717) is 18.9 Å². The number of ether oxygens (including phenoxy) is 1. The summed E-state index contributed by atoms with van der Waals surface area (Å²) in [5.41, 5.74) is -0.743. The van der Waals surface area contributed by atoms with Gasteiger partial charge in [0.25, 0.3) is 0 Å². The quantitative estimate of drug-likeness (QED) is 0.583. The lowest BCUT2D eigenvalue weighted by molar-refractivity contribution is -0.235. The van der Waals surface area contributed by atoms with E-state index in [1.807, 2.05) is 0 Å². The molecule has 0 aromatic heterocycles. The molecule has 2 bridgehead atoms. The Bertz CT molecular complexity index is 644. The molecule has 3 fully saturated rings. The standard InChI is InChI=1S/C22H34O4/c1-14(23)26-13-20(3)7-5-8-21(4)15-6-9-19(2)10-11-22(15,18(19)25)17(24)12-16(20)21/h10-11,15-18,24-25H,5-9,12-13H2,1-4H3/t15-,16+,17+,18?,19+,20+,21-,22+/m0/s1. The molecular weight excluding hydrogens is 328 g/mol. The normalized spacial score (nSPS) is 55.2. The average Bonchev–Trinajstić information content (AvgIpc) is 2.73. The molecule has 0 aromatic carbocycles. The van der Waals surface area contributed by atoms with Crippen LogP contribution < -0.4 is 0 Å². The van der Waals surface area contributed by atoms with Gasteiger partial charge in [0.15, 0.2) is 0 Å². The van der Waals surface area contributed by atoms with E-state index in [2.05, 4.69) is 32.9 Å². The van der Waals surface area contributed by atoms with Crippen LogP contribution in [0.5, 0.6) is 0 Å². The van der Waals surface area contributed by atoms with Crippen molar-refractivity contribution in [1.82, 2.24) is 0 Å². The van der Waals surface area contributed by atoms with Crippen LogP contribution in [-0.4, -0.2) is 35.0 Å². The summed E-state index contributed by atoms with van der Waals surface area (Å²) in [5, 5.41) is 22.6. The number of carbonyl (C=O) groups is 1. The Morgan fingerprint density at radius 1 is 1.12 bits per heavy atom. The highest BCUT2D eigenvalue weighted by atomic mass is 16.5. The maximum atomic E-state index is 11.4. The molecule has 3 saturated carbocycles. The monoisotopic (exact) mass is 362 g/mol. The molecule has 1 spiro atoms. The first-order valence-corrected chi connectivity index (χ1v) is 10.3. The molecule has 0 amide bonds. The molecule has 0 heterocycles. The Morgan fingerprint density at radius 2 is 1.85 bits per heavy atom. The summed E-state index contributed by atoms with van der Waals surface area (Å²) in [6.07, 6.45) is 9.29. The number of hydrogen-bond acceptors (Lipinski definition) is 4. The minimum absolute atomic E-state index is 0.0589. The van der Waals surface area contributed by atoms with Gasteiger partial charge in [0.2, 0.25) is 0 Å². The SMILES string of the molecule is CC(=O)OC[C@@]1(C)CCC[C@]2(C)[C@@H]1C[C@@H](O)[C@@]13C=C[C@@](C)(CC[C@@H]21)C3O. The van der Waals surface area contributed by atoms with E-state index in [4.69, 9.17) is 4.74 Å². The van der Waals surface area contributed by atoms with Gasteiger partial charge in [-0.05, 0) is 49.4 Å². The highest BCUT2D eigenvalue weighted by Gasteiger charge is 2.70. The number of fused-ring (bicyclic) bond motifs is 3. The van der Waals surface area contributed by atoms with Crippen LogP contribution in [0.1, 0.15) is 66.2 Å². The van der Waals surface area contributed by atoms with Crippen molar-refractivity contribution in [2.45, 2.75) is 78.4 Å². The smallest absolute Gasteiger partial charge is 0.302 e. The Kier molecular flexibility index (Phi) is 3.96. The molecule has 146 valence electrons. The zero-order chi connectivity index (χ0) is 19.0. The van der Waals surface area contributed by atoms with E-state index >= 15 is 0 Å². The summed E-state index contributed by atoms with van der Waals surface area (Å²) < 4.78 is 5.46. The first kappa shape index (κ1) is 18.5. The summed E-state index contributed by atoms with van der Waals surface area (Å²) >= 11 is 0. The topological polar surface area (TPSA) is 66.8 Å². The van der Waals surface area contributed by atoms with Crippen LogP contribution in [0.2, 0.25) is 0 Å². The van der Waals surface area contributed by atoms with Crippen molar-refractivity contribution >= 4 is 5.97 Å². The van der Waals surface area contributed by atoms with Crippen LogP contribution >= 0.6 is 0 Å². The van der Waals surface area contributed by atoms with Crippen molar-refractivity contribution in [1.29, 1.82) is 0 Å². The molecule has 4 aliphatic carbocycles. The van der Waals surface area contributed by atoms with Gasteiger partial charge in [0.1, 0.15) is 0 Å². The highest BCUT2D eigenvalue weighted by Crippen LogP contribution is 2.71. The lowest BCUT2D eigenvalue weighted by atomic mass is 9.39. The molecule has 8 atom stereocenters. The summed E-state index contributed by atoms with van der Waals surface area (Å²) in [6.45, 7) is 8.65. The first-order chi connectivity index (χ1) is 12.1. The predicted octanol–water partition coefficient (Wildman–Crippen LogP) is 3.46. The maximum absolute atomic E-state index is 11.4. The molecule has 4 heteroatoms. The molecule has 2 N–H and O–H groups in total. The van der Waals surface area contributed by atoms with Gasteiger partial charge in [-0.3, -0.25) is 4.79 Å². The first-order valence-electron chi connectivity index (χ1n) is 10.3. The largest absolute Gasteiger partial charge is 0.465 e. The number of hydrogen-bond donors (Lipinski definition) is 2. The van der Waals surface area contributed by atoms with Gasteiger partial charge in [-0.15, -0.1) is 0 Å². The van der Waals surface area contributed by atoms with Crippen molar-refractivity contribution in [3.8, 4) is 0 Å². The minimum Gasteiger partial charge on any atom is -0.465 e. The van der Waals surface area contributed by atoms with E-state index in [0.717, 1.165) is 32.1 Å². The number of rotatable bonds is 2. The number of carbonyl (C=O) groups excluding carboxylic acids is 1. The minimum atomic E-state index is -0.534. The van der Waals surface area contributed by atoms with Crippen LogP contribution in [0.4, 0.5) is 0 Å². The summed E-state index contributed by atoms with van der Waals surface area (Å²) in [6, 6.07) is 0. The third kappa shape index (κ3) is 2.18. The zero-order valence-corrected chi connectivity index (χ0v) is 16.6. The van der Waals surface area contributed by atoms with Crippen LogP contribution in [0.25, 0.3) is 0 Å². The predicted molar refractivity (Wildman–Crippen MR) is 99.2 cm³/mol. The lowest BCUT2D eigenvalue weighted by Crippen LogP contribution is -2.66. The molecule has 4 nitrogen and oxygen atoms in total. The molecule has 0 aliphatic heterocycles. The number of aliphatic hydroxyl groups is 2. The van der Waals surface area contributed by atoms with Crippen molar-refractivity contribution in [3.05, 3.63) is 12.2 Å². The van der Waals surface area contributed by atoms with Crippen molar-refractivity contribution in [2.75, 3.05) is 6.61 Å². The second-order valence-electron chi connectivity index (χ2n) is 10.4. The van der Waals surface area contributed by atoms with Gasteiger partial charge < -0.3 is 14.9 Å². The van der Waals surface area contributed by atoms with Crippen LogP contribution in [0.15, 0.2) is 12.2 Å². The zero-order valence-electron chi connectivity index (χ0n) is 16.6. The Hall–Kier alpha value is -0.870. The van der Waals surface area contributed by atoms with Crippen LogP contribution in [0, 0.1) is 33.5 Å². The third-order valence-electron chi connectivity index (χ3n) is 8.96. The van der Waals surface area contributed by atoms with Gasteiger partial charge in [-0.1, -0.05) is 39.3 Å². The molecule has 4 rings (SSSR count). The third-order valence-corrected chi connectivity index (χ3v) is 8.96. The van der Waals surface area contributed by atoms with Gasteiger partial charge in [-0.2, -0.15) is 0 Å². The summed E-state index contributed by atoms with van der Waals surface area (Å²) in [7, 11) is 0. The second-order valence-corrected chi connectivity index (χ2v) is 10.4. The molecular formula is C22H34O4. The van der Waals surface area contributed by atoms with Gasteiger partial charge in [0, 0.05) is 23.2 Å². The fourth-order valence-corrected chi connectivity index (χ4v) is 7.60. The molecule has 4 aliphatic rings. The number of aliphatic hydroxyl groups excluding tert-OH is 2. The highest BCUT2D eigenvalue weighted by molar-refractivity contribution is 5.65. The van der Waals surface area contributed by atoms with E-state index in [1.54, 1.807) is 0 Å². The van der Waals surface area contributed by atoms with Crippen molar-refractivity contribution in [3.63, 3.8) is 0 Å². The molecule has 1 unspecified atom stereocenters. The Balaban J connectivity index is 1.73. The van der Waals surface area contributed by atoms with Gasteiger partial charge in [-0.25, -0.2) is 0 Å². The molecule has 0 saturated heterocycles. The fraction of sp³-hybridized carbons (Fsp3) is 0.864. The molecule has 0 aromatic rings. The Morgan fingerprint density at radius 3 is 2.54 bits per heavy atom. The van der Waals surface area contributed by atoms with Gasteiger partial charge in [0.05, 0.1) is 18.8 Å². The fourth-order valence-electron chi connectivity index (χ4n) is 7.60. The van der Waals surface area contributed by atoms with E-state index in [9.17, 15) is 15.0 Å². The molecule has 26 heavy (non-hydrogen) atoms. The average molecular weight is 363 g/mol. The van der Waals surface area contributed by atoms with Crippen molar-refractivity contribution < 1.29 is 19.7 Å². The summed E-state index contributed by atoms with van der Waals surface area (Å²) in [5.74, 6) is 0.357. The van der Waals surface area contributed by atoms with Crippen LogP contribution in [0.3, 0.4) is 0 Å². The number of esters is 1. The lowest BCUT2D eigenvalue weighted by Gasteiger charge is -2.67. The van der Waals surface area contributed by atoms with E-state index < -0.39 is 17.6 Å². The van der Waals surface area contributed by atoms with Crippen molar-refractivity contribution in [2.24, 2.45) is 33.5 Å². The second kappa shape index (κ2) is 5.57. The van der Waals surface area contributed by atoms with E-state index in [1.165, 1.54) is 6.92 Å². The van der Waals surface area contributed by atoms with E-state index in [-0.39, 0.29) is 28.1 Å². The maximum Gasteiger partial charge on any atom is 0.302 e. The summed E-state index contributed by atoms with van der Waals surface area (Å²) in [4.78, 5) is 11.4.